The molecule has 0 aliphatic carbocycles. The number of benzene rings is 2. The topological polar surface area (TPSA) is 61.3 Å². The fourth-order valence-electron chi connectivity index (χ4n) is 3.79. The van der Waals surface area contributed by atoms with Crippen molar-refractivity contribution in [3.63, 3.8) is 0 Å². The van der Waals surface area contributed by atoms with Crippen molar-refractivity contribution >= 4 is 24.9 Å². The molecule has 0 amide bonds. The highest BCUT2D eigenvalue weighted by atomic mass is 28.4. The molecule has 0 saturated carbocycles. The second-order valence-electron chi connectivity index (χ2n) is 8.00. The Balaban J connectivity index is 2.07. The maximum atomic E-state index is 6.99. The Bertz CT molecular complexity index is 761. The number of nitrogens with two attached hydrogens (primary N) is 2. The van der Waals surface area contributed by atoms with Crippen molar-refractivity contribution < 1.29 is 4.43 Å². The van der Waals surface area contributed by atoms with Crippen LogP contribution in [0.25, 0.3) is 0 Å². The van der Waals surface area contributed by atoms with Crippen LogP contribution in [0.2, 0.25) is 12.6 Å². The average Bonchev–Trinajstić information content (AvgIpc) is 2.52. The lowest BCUT2D eigenvalue weighted by Crippen LogP contribution is -2.61. The summed E-state index contributed by atoms with van der Waals surface area (Å²) < 4.78 is 6.99. The van der Waals surface area contributed by atoms with Crippen LogP contribution in [0.4, 0.5) is 11.4 Å². The van der Waals surface area contributed by atoms with E-state index in [1.54, 1.807) is 0 Å². The van der Waals surface area contributed by atoms with Crippen LogP contribution >= 0.6 is 0 Å². The quantitative estimate of drug-likeness (QED) is 0.642. The molecule has 1 aliphatic rings. The lowest BCUT2D eigenvalue weighted by molar-refractivity contribution is -0.0590. The molecule has 1 fully saturated rings. The van der Waals surface area contributed by atoms with E-state index in [1.165, 1.54) is 5.19 Å². The van der Waals surface area contributed by atoms with Gasteiger partial charge in [0.25, 0.3) is 0 Å². The van der Waals surface area contributed by atoms with Gasteiger partial charge >= 0.3 is 0 Å². The van der Waals surface area contributed by atoms with Gasteiger partial charge in [0.1, 0.15) is 0 Å². The third kappa shape index (κ3) is 2.74. The molecule has 0 bridgehead atoms. The van der Waals surface area contributed by atoms with Crippen LogP contribution < -0.4 is 16.7 Å². The monoisotopic (exact) mass is 340 g/mol. The molecule has 2 atom stereocenters. The second-order valence-corrected chi connectivity index (χ2v) is 11.7. The molecule has 24 heavy (non-hydrogen) atoms. The van der Waals surface area contributed by atoms with Gasteiger partial charge in [-0.15, -0.1) is 0 Å². The molecule has 0 spiro atoms. The number of nitrogen functional groups attached to an aromatic ring is 2. The van der Waals surface area contributed by atoms with Crippen molar-refractivity contribution in [2.45, 2.75) is 45.4 Å². The first kappa shape index (κ1) is 17.1. The second kappa shape index (κ2) is 5.64. The standard InChI is InChI=1S/C20H28N2OSi/c1-19(2)11-12-24(4,18-10-6-9-17(22)14-18)23-20(19,3)15-7-5-8-16(21)13-15/h5-10,13-14H,11-12,21-22H2,1-4H3. The molecule has 2 aromatic rings. The van der Waals surface area contributed by atoms with Gasteiger partial charge < -0.3 is 15.9 Å². The molecular formula is C20H28N2OSi. The highest BCUT2D eigenvalue weighted by Crippen LogP contribution is 2.52. The van der Waals surface area contributed by atoms with Crippen molar-refractivity contribution in [1.82, 2.24) is 0 Å². The molecule has 4 N–H and O–H groups in total. The summed E-state index contributed by atoms with van der Waals surface area (Å²) in [5.74, 6) is 0. The van der Waals surface area contributed by atoms with E-state index in [0.717, 1.165) is 29.4 Å². The Morgan fingerprint density at radius 2 is 1.58 bits per heavy atom. The molecule has 4 heteroatoms. The number of hydrogen-bond donors (Lipinski definition) is 2. The van der Waals surface area contributed by atoms with Gasteiger partial charge in [0.2, 0.25) is 8.32 Å². The summed E-state index contributed by atoms with van der Waals surface area (Å²) in [6, 6.07) is 17.5. The number of anilines is 2. The molecule has 3 nitrogen and oxygen atoms in total. The van der Waals surface area contributed by atoms with Gasteiger partial charge in [-0.1, -0.05) is 38.1 Å². The van der Waals surface area contributed by atoms with Gasteiger partial charge in [0.15, 0.2) is 0 Å². The van der Waals surface area contributed by atoms with Crippen LogP contribution in [0.1, 0.15) is 32.8 Å². The van der Waals surface area contributed by atoms with Crippen LogP contribution in [0.5, 0.6) is 0 Å². The van der Waals surface area contributed by atoms with Gasteiger partial charge in [-0.3, -0.25) is 0 Å². The van der Waals surface area contributed by atoms with Crippen LogP contribution in [0.15, 0.2) is 48.5 Å². The molecule has 3 rings (SSSR count). The van der Waals surface area contributed by atoms with E-state index in [1.807, 2.05) is 24.3 Å². The number of hydrogen-bond acceptors (Lipinski definition) is 3. The first-order chi connectivity index (χ1) is 11.2. The minimum atomic E-state index is -2.09. The van der Waals surface area contributed by atoms with Crippen LogP contribution in [0.3, 0.4) is 0 Å². The first-order valence-electron chi connectivity index (χ1n) is 8.59. The van der Waals surface area contributed by atoms with Crippen molar-refractivity contribution in [2.24, 2.45) is 5.41 Å². The van der Waals surface area contributed by atoms with E-state index in [4.69, 9.17) is 15.9 Å². The zero-order valence-electron chi connectivity index (χ0n) is 15.1. The molecule has 1 saturated heterocycles. The van der Waals surface area contributed by atoms with Gasteiger partial charge in [0.05, 0.1) is 5.60 Å². The Hall–Kier alpha value is -1.78. The Morgan fingerprint density at radius 3 is 2.21 bits per heavy atom. The van der Waals surface area contributed by atoms with Crippen molar-refractivity contribution in [3.05, 3.63) is 54.1 Å². The van der Waals surface area contributed by atoms with Crippen molar-refractivity contribution in [1.29, 1.82) is 0 Å². The number of rotatable bonds is 2. The SMILES string of the molecule is CC1(C)CC[Si](C)(c2cccc(N)c2)OC1(C)c1cccc(N)c1. The van der Waals surface area contributed by atoms with Gasteiger partial charge in [-0.25, -0.2) is 0 Å². The summed E-state index contributed by atoms with van der Waals surface area (Å²) in [6.45, 7) is 9.12. The van der Waals surface area contributed by atoms with Gasteiger partial charge in [0, 0.05) is 11.4 Å². The summed E-state index contributed by atoms with van der Waals surface area (Å²) in [4.78, 5) is 0. The minimum Gasteiger partial charge on any atom is -0.403 e. The van der Waals surface area contributed by atoms with Gasteiger partial charge in [-0.2, -0.15) is 0 Å². The summed E-state index contributed by atoms with van der Waals surface area (Å²) in [7, 11) is -2.09. The maximum Gasteiger partial charge on any atom is 0.222 e. The largest absolute Gasteiger partial charge is 0.403 e. The smallest absolute Gasteiger partial charge is 0.222 e. The zero-order chi connectivity index (χ0) is 17.6. The molecule has 0 aromatic heterocycles. The van der Waals surface area contributed by atoms with Crippen LogP contribution in [-0.4, -0.2) is 8.32 Å². The average molecular weight is 341 g/mol. The van der Waals surface area contributed by atoms with E-state index in [2.05, 4.69) is 51.6 Å². The summed E-state index contributed by atoms with van der Waals surface area (Å²) in [5.41, 5.74) is 14.5. The normalized spacial score (nSPS) is 29.3. The summed E-state index contributed by atoms with van der Waals surface area (Å²) in [6.07, 6.45) is 1.12. The van der Waals surface area contributed by atoms with E-state index >= 15 is 0 Å². The molecular weight excluding hydrogens is 312 g/mol. The van der Waals surface area contributed by atoms with Crippen molar-refractivity contribution in [2.75, 3.05) is 11.5 Å². The predicted octanol–water partition coefficient (Wildman–Crippen LogP) is 4.00. The van der Waals surface area contributed by atoms with E-state index in [9.17, 15) is 0 Å². The Labute approximate surface area is 146 Å². The van der Waals surface area contributed by atoms with E-state index in [0.29, 0.717) is 0 Å². The predicted molar refractivity (Wildman–Crippen MR) is 105 cm³/mol. The zero-order valence-corrected chi connectivity index (χ0v) is 16.1. The molecule has 1 heterocycles. The van der Waals surface area contributed by atoms with Gasteiger partial charge in [-0.05, 0) is 66.4 Å². The first-order valence-corrected chi connectivity index (χ1v) is 11.2. The van der Waals surface area contributed by atoms with E-state index < -0.39 is 8.32 Å². The summed E-state index contributed by atoms with van der Waals surface area (Å²) in [5, 5.41) is 1.27. The van der Waals surface area contributed by atoms with E-state index in [-0.39, 0.29) is 11.0 Å². The molecule has 128 valence electrons. The highest BCUT2D eigenvalue weighted by Gasteiger charge is 2.53. The molecule has 2 aromatic carbocycles. The lowest BCUT2D eigenvalue weighted by Gasteiger charge is -2.54. The molecule has 2 unspecified atom stereocenters. The highest BCUT2D eigenvalue weighted by molar-refractivity contribution is 6.85. The van der Waals surface area contributed by atoms with Crippen molar-refractivity contribution in [3.8, 4) is 0 Å². The molecule has 1 aliphatic heterocycles. The lowest BCUT2D eigenvalue weighted by atomic mass is 9.70. The maximum absolute atomic E-state index is 6.99. The van der Waals surface area contributed by atoms with Crippen LogP contribution in [0, 0.1) is 5.41 Å². The minimum absolute atomic E-state index is 0.0353. The fraction of sp³-hybridized carbons (Fsp3) is 0.400. The third-order valence-corrected chi connectivity index (χ3v) is 9.48. The van der Waals surface area contributed by atoms with Crippen LogP contribution in [-0.2, 0) is 10.0 Å². The third-order valence-electron chi connectivity index (χ3n) is 5.88. The molecule has 0 radical (unpaired) electrons. The summed E-state index contributed by atoms with van der Waals surface area (Å²) >= 11 is 0. The Morgan fingerprint density at radius 1 is 0.958 bits per heavy atom. The fourth-order valence-corrected chi connectivity index (χ4v) is 7.61. The Kier molecular flexibility index (Phi) is 4.01.